The van der Waals surface area contributed by atoms with E-state index in [0.717, 1.165) is 21.4 Å². The van der Waals surface area contributed by atoms with Gasteiger partial charge in [0.05, 0.1) is 23.0 Å². The third-order valence-corrected chi connectivity index (χ3v) is 3.13. The Balaban J connectivity index is 2.37. The number of nitrogens with one attached hydrogen (secondary N) is 1. The molecule has 3 N–H and O–H groups in total. The molecule has 0 aliphatic rings. The highest BCUT2D eigenvalue weighted by atomic mass is 79.9. The van der Waals surface area contributed by atoms with Gasteiger partial charge < -0.3 is 11.1 Å². The van der Waals surface area contributed by atoms with Gasteiger partial charge in [-0.25, -0.2) is 0 Å². The first kappa shape index (κ1) is 12.5. The predicted molar refractivity (Wildman–Crippen MR) is 77.7 cm³/mol. The lowest BCUT2D eigenvalue weighted by atomic mass is 10.1. The monoisotopic (exact) mass is 301 g/mol. The number of nitrogens with zero attached hydrogens (tertiary/aromatic N) is 1. The van der Waals surface area contributed by atoms with Gasteiger partial charge in [-0.1, -0.05) is 15.9 Å². The average molecular weight is 302 g/mol. The summed E-state index contributed by atoms with van der Waals surface area (Å²) in [5.41, 5.74) is 9.92. The summed E-state index contributed by atoms with van der Waals surface area (Å²) in [7, 11) is 0. The molecule has 4 heteroatoms. The summed E-state index contributed by atoms with van der Waals surface area (Å²) in [5.74, 6) is 0. The van der Waals surface area contributed by atoms with E-state index in [9.17, 15) is 0 Å². The fourth-order valence-electron chi connectivity index (χ4n) is 1.65. The van der Waals surface area contributed by atoms with E-state index in [4.69, 9.17) is 11.0 Å². The van der Waals surface area contributed by atoms with Crippen molar-refractivity contribution in [3.05, 3.63) is 52.0 Å². The zero-order valence-electron chi connectivity index (χ0n) is 9.87. The zero-order chi connectivity index (χ0) is 13.1. The summed E-state index contributed by atoms with van der Waals surface area (Å²) in [4.78, 5) is 0. The number of anilines is 3. The molecule has 0 radical (unpaired) electrons. The number of rotatable bonds is 2. The second kappa shape index (κ2) is 5.11. The van der Waals surface area contributed by atoms with Crippen molar-refractivity contribution in [2.45, 2.75) is 6.92 Å². The summed E-state index contributed by atoms with van der Waals surface area (Å²) in [6.45, 7) is 2.01. The van der Waals surface area contributed by atoms with Crippen molar-refractivity contribution in [2.24, 2.45) is 0 Å². The summed E-state index contributed by atoms with van der Waals surface area (Å²) >= 11 is 3.42. The lowest BCUT2D eigenvalue weighted by molar-refractivity contribution is 1.41. The molecule has 0 aliphatic heterocycles. The molecule has 0 unspecified atom stereocenters. The molecule has 2 aromatic rings. The van der Waals surface area contributed by atoms with Crippen molar-refractivity contribution in [3.63, 3.8) is 0 Å². The van der Waals surface area contributed by atoms with Crippen LogP contribution in [-0.2, 0) is 0 Å². The number of nitrogen functional groups attached to an aromatic ring is 1. The lowest BCUT2D eigenvalue weighted by Crippen LogP contribution is -1.98. The summed E-state index contributed by atoms with van der Waals surface area (Å²) in [6.07, 6.45) is 0. The van der Waals surface area contributed by atoms with Gasteiger partial charge in [-0.05, 0) is 48.9 Å². The van der Waals surface area contributed by atoms with E-state index in [1.807, 2.05) is 25.1 Å². The van der Waals surface area contributed by atoms with Crippen LogP contribution >= 0.6 is 15.9 Å². The highest BCUT2D eigenvalue weighted by Gasteiger charge is 2.04. The average Bonchev–Trinajstić information content (AvgIpc) is 2.35. The van der Waals surface area contributed by atoms with E-state index in [0.29, 0.717) is 11.3 Å². The van der Waals surface area contributed by atoms with Crippen molar-refractivity contribution < 1.29 is 0 Å². The van der Waals surface area contributed by atoms with Crippen LogP contribution in [-0.4, -0.2) is 0 Å². The number of nitrogens with two attached hydrogens (primary N) is 1. The third kappa shape index (κ3) is 2.63. The maximum Gasteiger partial charge on any atom is 0.0992 e. The van der Waals surface area contributed by atoms with E-state index >= 15 is 0 Å². The van der Waals surface area contributed by atoms with Gasteiger partial charge in [0.2, 0.25) is 0 Å². The highest BCUT2D eigenvalue weighted by molar-refractivity contribution is 9.10. The van der Waals surface area contributed by atoms with E-state index in [1.165, 1.54) is 0 Å². The smallest absolute Gasteiger partial charge is 0.0992 e. The molecule has 90 valence electrons. The predicted octanol–water partition coefficient (Wildman–Crippen LogP) is 3.96. The first-order valence-electron chi connectivity index (χ1n) is 5.43. The van der Waals surface area contributed by atoms with E-state index in [1.54, 1.807) is 18.2 Å². The molecular formula is C14H12BrN3. The van der Waals surface area contributed by atoms with Crippen LogP contribution in [0.1, 0.15) is 11.1 Å². The van der Waals surface area contributed by atoms with E-state index < -0.39 is 0 Å². The molecule has 0 amide bonds. The van der Waals surface area contributed by atoms with E-state index in [-0.39, 0.29) is 0 Å². The van der Waals surface area contributed by atoms with Gasteiger partial charge in [0, 0.05) is 10.2 Å². The van der Waals surface area contributed by atoms with Crippen molar-refractivity contribution in [3.8, 4) is 6.07 Å². The quantitative estimate of drug-likeness (QED) is 0.826. The minimum absolute atomic E-state index is 0.585. The minimum Gasteiger partial charge on any atom is -0.397 e. The van der Waals surface area contributed by atoms with Gasteiger partial charge in [0.25, 0.3) is 0 Å². The van der Waals surface area contributed by atoms with Crippen molar-refractivity contribution in [1.29, 1.82) is 5.26 Å². The molecule has 3 nitrogen and oxygen atoms in total. The molecule has 0 spiro atoms. The van der Waals surface area contributed by atoms with Crippen molar-refractivity contribution in [2.75, 3.05) is 11.1 Å². The minimum atomic E-state index is 0.585. The molecule has 0 bridgehead atoms. The molecule has 0 saturated carbocycles. The van der Waals surface area contributed by atoms with Crippen LogP contribution in [0.4, 0.5) is 17.1 Å². The summed E-state index contributed by atoms with van der Waals surface area (Å²) < 4.78 is 1.03. The summed E-state index contributed by atoms with van der Waals surface area (Å²) in [5, 5.41) is 12.1. The second-order valence-corrected chi connectivity index (χ2v) is 4.91. The molecule has 2 rings (SSSR count). The fourth-order valence-corrected chi connectivity index (χ4v) is 2.12. The summed E-state index contributed by atoms with van der Waals surface area (Å²) in [6, 6.07) is 13.2. The Kier molecular flexibility index (Phi) is 3.54. The number of hydrogen-bond donors (Lipinski definition) is 2. The van der Waals surface area contributed by atoms with Gasteiger partial charge >= 0.3 is 0 Å². The first-order valence-corrected chi connectivity index (χ1v) is 6.22. The maximum absolute atomic E-state index is 8.89. The van der Waals surface area contributed by atoms with Crippen molar-refractivity contribution in [1.82, 2.24) is 0 Å². The van der Waals surface area contributed by atoms with Gasteiger partial charge in [-0.2, -0.15) is 5.26 Å². The first-order chi connectivity index (χ1) is 8.60. The number of benzene rings is 2. The molecule has 0 fully saturated rings. The Morgan fingerprint density at radius 1 is 1.17 bits per heavy atom. The number of halogens is 1. The molecule has 0 aromatic heterocycles. The van der Waals surface area contributed by atoms with Gasteiger partial charge in [0.15, 0.2) is 0 Å². The molecule has 0 heterocycles. The third-order valence-electron chi connectivity index (χ3n) is 2.64. The second-order valence-electron chi connectivity index (χ2n) is 4.00. The maximum atomic E-state index is 8.89. The SMILES string of the molecule is Cc1cc(Br)ccc1Nc1cc(C#N)ccc1N. The van der Waals surface area contributed by atoms with Gasteiger partial charge in [0.1, 0.15) is 0 Å². The highest BCUT2D eigenvalue weighted by Crippen LogP contribution is 2.27. The van der Waals surface area contributed by atoms with E-state index in [2.05, 4.69) is 27.3 Å². The Morgan fingerprint density at radius 2 is 1.94 bits per heavy atom. The topological polar surface area (TPSA) is 61.8 Å². The zero-order valence-corrected chi connectivity index (χ0v) is 11.5. The Labute approximate surface area is 114 Å². The van der Waals surface area contributed by atoms with Crippen LogP contribution in [0.2, 0.25) is 0 Å². The van der Waals surface area contributed by atoms with Crippen LogP contribution in [0.5, 0.6) is 0 Å². The fraction of sp³-hybridized carbons (Fsp3) is 0.0714. The largest absolute Gasteiger partial charge is 0.397 e. The standard InChI is InChI=1S/C14H12BrN3/c1-9-6-11(15)3-5-13(9)18-14-7-10(8-16)2-4-12(14)17/h2-7,18H,17H2,1H3. The molecule has 2 aromatic carbocycles. The molecule has 18 heavy (non-hydrogen) atoms. The Hall–Kier alpha value is -1.99. The van der Waals surface area contributed by atoms with Crippen LogP contribution in [0.25, 0.3) is 0 Å². The van der Waals surface area contributed by atoms with Crippen LogP contribution in [0, 0.1) is 18.3 Å². The Morgan fingerprint density at radius 3 is 2.61 bits per heavy atom. The molecule has 0 aliphatic carbocycles. The molecular weight excluding hydrogens is 290 g/mol. The Bertz CT molecular complexity index is 629. The number of nitriles is 1. The number of aryl methyl sites for hydroxylation is 1. The molecule has 0 saturated heterocycles. The van der Waals surface area contributed by atoms with Crippen molar-refractivity contribution >= 4 is 33.0 Å². The van der Waals surface area contributed by atoms with Gasteiger partial charge in [-0.15, -0.1) is 0 Å². The lowest BCUT2D eigenvalue weighted by Gasteiger charge is -2.12. The molecule has 0 atom stereocenters. The van der Waals surface area contributed by atoms with Crippen LogP contribution in [0.3, 0.4) is 0 Å². The van der Waals surface area contributed by atoms with Gasteiger partial charge in [-0.3, -0.25) is 0 Å². The van der Waals surface area contributed by atoms with Crippen LogP contribution < -0.4 is 11.1 Å². The normalized spacial score (nSPS) is 9.83. The van der Waals surface area contributed by atoms with Crippen LogP contribution in [0.15, 0.2) is 40.9 Å². The number of hydrogen-bond acceptors (Lipinski definition) is 3.